The number of aromatic nitrogens is 2. The predicted octanol–water partition coefficient (Wildman–Crippen LogP) is 3.09. The van der Waals surface area contributed by atoms with Crippen LogP contribution in [0, 0.1) is 6.92 Å². The second kappa shape index (κ2) is 3.02. The third kappa shape index (κ3) is 1.26. The van der Waals surface area contributed by atoms with Crippen molar-refractivity contribution in [2.75, 3.05) is 0 Å². The van der Waals surface area contributed by atoms with Crippen molar-refractivity contribution in [2.45, 2.75) is 6.92 Å². The Morgan fingerprint density at radius 3 is 2.67 bits per heavy atom. The second-order valence-electron chi connectivity index (χ2n) is 3.71. The molecule has 0 atom stereocenters. The van der Waals surface area contributed by atoms with Gasteiger partial charge in [0.1, 0.15) is 0 Å². The lowest BCUT2D eigenvalue weighted by Crippen LogP contribution is -1.88. The molecule has 72 valence electrons. The highest BCUT2D eigenvalue weighted by Gasteiger charge is 2.01. The summed E-state index contributed by atoms with van der Waals surface area (Å²) in [6.07, 6.45) is 0. The Balaban J connectivity index is 2.57. The van der Waals surface area contributed by atoms with Crippen LogP contribution in [0.5, 0.6) is 0 Å². The van der Waals surface area contributed by atoms with Crippen LogP contribution in [0.1, 0.15) is 5.69 Å². The topological polar surface area (TPSA) is 25.8 Å². The fourth-order valence-electron chi connectivity index (χ4n) is 1.89. The Hall–Kier alpha value is -1.96. The monoisotopic (exact) mass is 194 g/mol. The van der Waals surface area contributed by atoms with Gasteiger partial charge in [-0.05, 0) is 29.8 Å². The second-order valence-corrected chi connectivity index (χ2v) is 3.71. The molecule has 0 saturated carbocycles. The Morgan fingerprint density at radius 1 is 0.867 bits per heavy atom. The van der Waals surface area contributed by atoms with Crippen LogP contribution in [0.4, 0.5) is 0 Å². The summed E-state index contributed by atoms with van der Waals surface area (Å²) in [6.45, 7) is 1.97. The molecular formula is C13H10N2. The lowest BCUT2D eigenvalue weighted by Gasteiger charge is -2.02. The Kier molecular flexibility index (Phi) is 1.68. The molecule has 0 aliphatic rings. The highest BCUT2D eigenvalue weighted by molar-refractivity contribution is 6.05. The highest BCUT2D eigenvalue weighted by atomic mass is 15.1. The van der Waals surface area contributed by atoms with E-state index in [1.54, 1.807) is 0 Å². The van der Waals surface area contributed by atoms with Gasteiger partial charge in [-0.25, -0.2) is 0 Å². The maximum absolute atomic E-state index is 4.18. The molecule has 0 radical (unpaired) electrons. The Bertz CT molecular complexity index is 644. The van der Waals surface area contributed by atoms with Gasteiger partial charge in [-0.3, -0.25) is 0 Å². The molecule has 0 amide bonds. The van der Waals surface area contributed by atoms with E-state index in [1.165, 1.54) is 16.2 Å². The molecule has 0 spiro atoms. The fraction of sp³-hybridized carbons (Fsp3) is 0.0769. The van der Waals surface area contributed by atoms with Gasteiger partial charge in [0.15, 0.2) is 0 Å². The molecule has 2 heteroatoms. The van der Waals surface area contributed by atoms with E-state index in [1.807, 2.05) is 13.0 Å². The highest BCUT2D eigenvalue weighted by Crippen LogP contribution is 2.23. The SMILES string of the molecule is Cc1cc2c(ccc3ccccc32)nn1. The lowest BCUT2D eigenvalue weighted by molar-refractivity contribution is 1.02. The molecule has 3 rings (SSSR count). The zero-order chi connectivity index (χ0) is 10.3. The predicted molar refractivity (Wildman–Crippen MR) is 61.8 cm³/mol. The maximum Gasteiger partial charge on any atom is 0.0936 e. The third-order valence-electron chi connectivity index (χ3n) is 2.62. The standard InChI is InChI=1S/C13H10N2/c1-9-8-12-11-5-3-2-4-10(11)6-7-13(12)15-14-9/h2-8H,1H3. The van der Waals surface area contributed by atoms with E-state index in [4.69, 9.17) is 0 Å². The van der Waals surface area contributed by atoms with Crippen molar-refractivity contribution in [3.63, 3.8) is 0 Å². The molecule has 1 heterocycles. The van der Waals surface area contributed by atoms with E-state index in [9.17, 15) is 0 Å². The first-order valence-corrected chi connectivity index (χ1v) is 4.96. The largest absolute Gasteiger partial charge is 0.155 e. The normalized spacial score (nSPS) is 11.0. The average Bonchev–Trinajstić information content (AvgIpc) is 2.29. The van der Waals surface area contributed by atoms with Crippen LogP contribution in [0.3, 0.4) is 0 Å². The number of nitrogens with zero attached hydrogens (tertiary/aromatic N) is 2. The lowest BCUT2D eigenvalue weighted by atomic mass is 10.1. The minimum absolute atomic E-state index is 0.957. The van der Waals surface area contributed by atoms with Crippen molar-refractivity contribution in [3.8, 4) is 0 Å². The van der Waals surface area contributed by atoms with E-state index in [2.05, 4.69) is 46.6 Å². The summed E-state index contributed by atoms with van der Waals surface area (Å²) in [5.74, 6) is 0. The Labute approximate surface area is 87.6 Å². The van der Waals surface area contributed by atoms with E-state index in [-0.39, 0.29) is 0 Å². The van der Waals surface area contributed by atoms with Crippen molar-refractivity contribution in [1.29, 1.82) is 0 Å². The molecule has 0 N–H and O–H groups in total. The van der Waals surface area contributed by atoms with Crippen molar-refractivity contribution in [2.24, 2.45) is 0 Å². The van der Waals surface area contributed by atoms with Crippen LogP contribution < -0.4 is 0 Å². The summed E-state index contributed by atoms with van der Waals surface area (Å²) >= 11 is 0. The smallest absolute Gasteiger partial charge is 0.0936 e. The molecule has 15 heavy (non-hydrogen) atoms. The van der Waals surface area contributed by atoms with Crippen LogP contribution in [0.15, 0.2) is 42.5 Å². The van der Waals surface area contributed by atoms with Gasteiger partial charge in [-0.2, -0.15) is 10.2 Å². The summed E-state index contributed by atoms with van der Waals surface area (Å²) in [5, 5.41) is 11.9. The summed E-state index contributed by atoms with van der Waals surface area (Å²) in [6, 6.07) is 14.5. The molecule has 2 nitrogen and oxygen atoms in total. The molecule has 0 saturated heterocycles. The molecule has 3 aromatic rings. The molecule has 0 unspecified atom stereocenters. The van der Waals surface area contributed by atoms with Gasteiger partial charge in [0.2, 0.25) is 0 Å². The number of fused-ring (bicyclic) bond motifs is 3. The number of rotatable bonds is 0. The van der Waals surface area contributed by atoms with Crippen LogP contribution in [-0.2, 0) is 0 Å². The molecule has 0 aliphatic heterocycles. The zero-order valence-electron chi connectivity index (χ0n) is 8.44. The number of hydrogen-bond donors (Lipinski definition) is 0. The van der Waals surface area contributed by atoms with Crippen molar-refractivity contribution in [1.82, 2.24) is 10.2 Å². The van der Waals surface area contributed by atoms with E-state index < -0.39 is 0 Å². The summed E-state index contributed by atoms with van der Waals surface area (Å²) in [4.78, 5) is 0. The number of hydrogen-bond acceptors (Lipinski definition) is 2. The summed E-state index contributed by atoms with van der Waals surface area (Å²) in [5.41, 5.74) is 1.91. The number of benzene rings is 2. The zero-order valence-corrected chi connectivity index (χ0v) is 8.44. The molecule has 2 aromatic carbocycles. The van der Waals surface area contributed by atoms with E-state index in [0.29, 0.717) is 0 Å². The molecule has 1 aromatic heterocycles. The third-order valence-corrected chi connectivity index (χ3v) is 2.62. The van der Waals surface area contributed by atoms with Gasteiger partial charge >= 0.3 is 0 Å². The average molecular weight is 194 g/mol. The van der Waals surface area contributed by atoms with E-state index in [0.717, 1.165) is 11.2 Å². The molecule has 0 aliphatic carbocycles. The van der Waals surface area contributed by atoms with Gasteiger partial charge in [0.25, 0.3) is 0 Å². The molecule has 0 bridgehead atoms. The van der Waals surface area contributed by atoms with Gasteiger partial charge in [-0.1, -0.05) is 30.3 Å². The van der Waals surface area contributed by atoms with Gasteiger partial charge in [-0.15, -0.1) is 0 Å². The molecular weight excluding hydrogens is 184 g/mol. The fourth-order valence-corrected chi connectivity index (χ4v) is 1.89. The Morgan fingerprint density at radius 2 is 1.73 bits per heavy atom. The minimum atomic E-state index is 0.957. The van der Waals surface area contributed by atoms with Crippen LogP contribution in [-0.4, -0.2) is 10.2 Å². The maximum atomic E-state index is 4.18. The quantitative estimate of drug-likeness (QED) is 0.514. The van der Waals surface area contributed by atoms with Crippen molar-refractivity contribution in [3.05, 3.63) is 48.2 Å². The first kappa shape index (κ1) is 8.36. The summed E-state index contributed by atoms with van der Waals surface area (Å²) < 4.78 is 0. The minimum Gasteiger partial charge on any atom is -0.155 e. The van der Waals surface area contributed by atoms with Gasteiger partial charge in [0, 0.05) is 5.39 Å². The molecule has 0 fully saturated rings. The first-order chi connectivity index (χ1) is 7.34. The van der Waals surface area contributed by atoms with Crippen LogP contribution >= 0.6 is 0 Å². The van der Waals surface area contributed by atoms with Crippen molar-refractivity contribution >= 4 is 21.7 Å². The summed E-state index contributed by atoms with van der Waals surface area (Å²) in [7, 11) is 0. The van der Waals surface area contributed by atoms with Crippen molar-refractivity contribution < 1.29 is 0 Å². The van der Waals surface area contributed by atoms with Gasteiger partial charge < -0.3 is 0 Å². The van der Waals surface area contributed by atoms with Gasteiger partial charge in [0.05, 0.1) is 11.2 Å². The van der Waals surface area contributed by atoms with Crippen LogP contribution in [0.25, 0.3) is 21.7 Å². The van der Waals surface area contributed by atoms with E-state index >= 15 is 0 Å². The first-order valence-electron chi connectivity index (χ1n) is 4.96. The number of aryl methyl sites for hydroxylation is 1. The van der Waals surface area contributed by atoms with Crippen LogP contribution in [0.2, 0.25) is 0 Å².